The molecule has 5 heteroatoms. The standard InChI is InChI=1S/C24H40BrN3O/c1-19(27-28-23-15-13-21(25)14-16-23)11-9-7-5-3-4-6-8-10-12-22-17-18-24(29)20(2)26-22/h13-16,20,22,24,26,28-29H,3-12,17-18H2,1-2H3/b27-19-/t20-,22+,24-/m1/s1. The Hall–Kier alpha value is -0.910. The van der Waals surface area contributed by atoms with E-state index >= 15 is 0 Å². The molecule has 1 aliphatic heterocycles. The van der Waals surface area contributed by atoms with Gasteiger partial charge in [0, 0.05) is 22.3 Å². The van der Waals surface area contributed by atoms with Gasteiger partial charge in [-0.3, -0.25) is 5.43 Å². The average molecular weight is 467 g/mol. The van der Waals surface area contributed by atoms with Gasteiger partial charge in [-0.15, -0.1) is 0 Å². The zero-order valence-corrected chi connectivity index (χ0v) is 19.9. The first-order valence-electron chi connectivity index (χ1n) is 11.5. The third kappa shape index (κ3) is 10.6. The molecule has 2 rings (SSSR count). The van der Waals surface area contributed by atoms with Gasteiger partial charge in [0.25, 0.3) is 0 Å². The second-order valence-corrected chi connectivity index (χ2v) is 9.55. The molecule has 1 aromatic rings. The number of anilines is 1. The third-order valence-corrected chi connectivity index (χ3v) is 6.48. The number of aliphatic hydroxyl groups excluding tert-OH is 1. The number of nitrogens with one attached hydrogen (secondary N) is 2. The van der Waals surface area contributed by atoms with Crippen molar-refractivity contribution >= 4 is 27.3 Å². The van der Waals surface area contributed by atoms with Crippen LogP contribution >= 0.6 is 15.9 Å². The van der Waals surface area contributed by atoms with Crippen molar-refractivity contribution in [2.24, 2.45) is 5.10 Å². The van der Waals surface area contributed by atoms with Gasteiger partial charge in [-0.25, -0.2) is 0 Å². The maximum atomic E-state index is 9.76. The summed E-state index contributed by atoms with van der Waals surface area (Å²) in [6.45, 7) is 4.21. The van der Waals surface area contributed by atoms with Gasteiger partial charge in [-0.05, 0) is 70.2 Å². The largest absolute Gasteiger partial charge is 0.392 e. The number of piperidine rings is 1. The van der Waals surface area contributed by atoms with Gasteiger partial charge in [0.05, 0.1) is 11.8 Å². The minimum absolute atomic E-state index is 0.149. The summed E-state index contributed by atoms with van der Waals surface area (Å²) in [6, 6.07) is 8.97. The van der Waals surface area contributed by atoms with Crippen LogP contribution in [0.3, 0.4) is 0 Å². The van der Waals surface area contributed by atoms with Crippen LogP contribution in [-0.4, -0.2) is 29.0 Å². The lowest BCUT2D eigenvalue weighted by Gasteiger charge is -2.32. The molecule has 29 heavy (non-hydrogen) atoms. The SMILES string of the molecule is C/C(CCCCCCCCCC[C@H]1CC[C@@H](O)[C@@H](C)N1)=N/Nc1ccc(Br)cc1. The van der Waals surface area contributed by atoms with E-state index in [0.717, 1.165) is 29.4 Å². The fourth-order valence-corrected chi connectivity index (χ4v) is 4.25. The van der Waals surface area contributed by atoms with E-state index in [9.17, 15) is 5.11 Å². The van der Waals surface area contributed by atoms with Crippen LogP contribution in [0.1, 0.15) is 90.9 Å². The highest BCUT2D eigenvalue weighted by atomic mass is 79.9. The molecule has 0 radical (unpaired) electrons. The van der Waals surface area contributed by atoms with Crippen molar-refractivity contribution in [1.82, 2.24) is 5.32 Å². The third-order valence-electron chi connectivity index (χ3n) is 5.95. The van der Waals surface area contributed by atoms with Crippen LogP contribution in [0.5, 0.6) is 0 Å². The van der Waals surface area contributed by atoms with Gasteiger partial charge >= 0.3 is 0 Å². The summed E-state index contributed by atoms with van der Waals surface area (Å²) in [5.41, 5.74) is 5.33. The van der Waals surface area contributed by atoms with Crippen molar-refractivity contribution in [1.29, 1.82) is 0 Å². The van der Waals surface area contributed by atoms with E-state index < -0.39 is 0 Å². The quantitative estimate of drug-likeness (QED) is 0.174. The van der Waals surface area contributed by atoms with E-state index in [-0.39, 0.29) is 12.1 Å². The van der Waals surface area contributed by atoms with Gasteiger partial charge in [-0.1, -0.05) is 60.9 Å². The molecule has 3 N–H and O–H groups in total. The molecule has 164 valence electrons. The van der Waals surface area contributed by atoms with Crippen molar-refractivity contribution in [2.75, 3.05) is 5.43 Å². The normalized spacial score (nSPS) is 22.6. The highest BCUT2D eigenvalue weighted by molar-refractivity contribution is 9.10. The lowest BCUT2D eigenvalue weighted by atomic mass is 9.93. The van der Waals surface area contributed by atoms with Gasteiger partial charge in [0.15, 0.2) is 0 Å². The molecule has 0 spiro atoms. The molecule has 0 bridgehead atoms. The van der Waals surface area contributed by atoms with Crippen LogP contribution in [0, 0.1) is 0 Å². The molecule has 0 amide bonds. The molecule has 1 saturated heterocycles. The monoisotopic (exact) mass is 465 g/mol. The predicted molar refractivity (Wildman–Crippen MR) is 129 cm³/mol. The van der Waals surface area contributed by atoms with E-state index in [1.807, 2.05) is 24.3 Å². The summed E-state index contributed by atoms with van der Waals surface area (Å²) in [7, 11) is 0. The molecular weight excluding hydrogens is 426 g/mol. The summed E-state index contributed by atoms with van der Waals surface area (Å²) in [5.74, 6) is 0. The number of hydrazone groups is 1. The maximum absolute atomic E-state index is 9.76. The Morgan fingerprint density at radius 2 is 1.66 bits per heavy atom. The second kappa shape index (κ2) is 14.2. The summed E-state index contributed by atoms with van der Waals surface area (Å²) < 4.78 is 1.08. The Morgan fingerprint density at radius 1 is 1.03 bits per heavy atom. The zero-order chi connectivity index (χ0) is 20.9. The first-order chi connectivity index (χ1) is 14.0. The maximum Gasteiger partial charge on any atom is 0.0691 e. The zero-order valence-electron chi connectivity index (χ0n) is 18.3. The minimum atomic E-state index is -0.149. The lowest BCUT2D eigenvalue weighted by molar-refractivity contribution is 0.0849. The Balaban J connectivity index is 1.39. The number of hydrogen-bond donors (Lipinski definition) is 3. The van der Waals surface area contributed by atoms with Crippen LogP contribution in [0.2, 0.25) is 0 Å². The number of rotatable bonds is 13. The lowest BCUT2D eigenvalue weighted by Crippen LogP contribution is -2.48. The van der Waals surface area contributed by atoms with E-state index in [2.05, 4.69) is 45.6 Å². The van der Waals surface area contributed by atoms with E-state index in [1.54, 1.807) is 0 Å². The van der Waals surface area contributed by atoms with Crippen molar-refractivity contribution in [3.63, 3.8) is 0 Å². The number of benzene rings is 1. The second-order valence-electron chi connectivity index (χ2n) is 8.63. The summed E-state index contributed by atoms with van der Waals surface area (Å²) >= 11 is 3.44. The molecule has 0 aliphatic carbocycles. The van der Waals surface area contributed by atoms with Crippen molar-refractivity contribution in [3.05, 3.63) is 28.7 Å². The van der Waals surface area contributed by atoms with Crippen LogP contribution in [-0.2, 0) is 0 Å². The smallest absolute Gasteiger partial charge is 0.0691 e. The summed E-state index contributed by atoms with van der Waals surface area (Å²) in [6.07, 6.45) is 14.9. The topological polar surface area (TPSA) is 56.6 Å². The fourth-order valence-electron chi connectivity index (χ4n) is 3.99. The molecular formula is C24H40BrN3O. The van der Waals surface area contributed by atoms with Crippen LogP contribution in [0.15, 0.2) is 33.8 Å². The minimum Gasteiger partial charge on any atom is -0.392 e. The first-order valence-corrected chi connectivity index (χ1v) is 12.3. The Bertz CT molecular complexity index is 590. The first kappa shape index (κ1) is 24.4. The van der Waals surface area contributed by atoms with Gasteiger partial charge in [0.1, 0.15) is 0 Å². The highest BCUT2D eigenvalue weighted by Gasteiger charge is 2.24. The number of aliphatic hydroxyl groups is 1. The molecule has 1 aliphatic rings. The van der Waals surface area contributed by atoms with E-state index in [4.69, 9.17) is 0 Å². The molecule has 1 heterocycles. The number of nitrogens with zero attached hydrogens (tertiary/aromatic N) is 1. The van der Waals surface area contributed by atoms with Gasteiger partial charge in [-0.2, -0.15) is 5.10 Å². The molecule has 0 unspecified atom stereocenters. The molecule has 4 nitrogen and oxygen atoms in total. The van der Waals surface area contributed by atoms with Crippen LogP contribution < -0.4 is 10.7 Å². The number of hydrogen-bond acceptors (Lipinski definition) is 4. The molecule has 1 aromatic carbocycles. The van der Waals surface area contributed by atoms with E-state index in [1.165, 1.54) is 63.5 Å². The highest BCUT2D eigenvalue weighted by Crippen LogP contribution is 2.19. The number of halogens is 1. The molecule has 0 saturated carbocycles. The Labute approximate surface area is 186 Å². The summed E-state index contributed by atoms with van der Waals surface area (Å²) in [5, 5.41) is 17.8. The Kier molecular flexibility index (Phi) is 11.9. The fraction of sp³-hybridized carbons (Fsp3) is 0.708. The van der Waals surface area contributed by atoms with Crippen molar-refractivity contribution < 1.29 is 5.11 Å². The Morgan fingerprint density at radius 3 is 2.31 bits per heavy atom. The van der Waals surface area contributed by atoms with Gasteiger partial charge in [0.2, 0.25) is 0 Å². The van der Waals surface area contributed by atoms with Crippen LogP contribution in [0.25, 0.3) is 0 Å². The average Bonchev–Trinajstić information content (AvgIpc) is 2.71. The van der Waals surface area contributed by atoms with Crippen molar-refractivity contribution in [3.8, 4) is 0 Å². The van der Waals surface area contributed by atoms with Crippen LogP contribution in [0.4, 0.5) is 5.69 Å². The molecule has 3 atom stereocenters. The van der Waals surface area contributed by atoms with E-state index in [0.29, 0.717) is 6.04 Å². The molecule has 0 aromatic heterocycles. The van der Waals surface area contributed by atoms with Crippen molar-refractivity contribution in [2.45, 2.75) is 109 Å². The predicted octanol–water partition coefficient (Wildman–Crippen LogP) is 6.64. The summed E-state index contributed by atoms with van der Waals surface area (Å²) in [4.78, 5) is 0. The molecule has 1 fully saturated rings. The van der Waals surface area contributed by atoms with Gasteiger partial charge < -0.3 is 10.4 Å². The number of unbranched alkanes of at least 4 members (excludes halogenated alkanes) is 7.